The van der Waals surface area contributed by atoms with Crippen LogP contribution in [0, 0.1) is 0 Å². The minimum atomic E-state index is -0.373. The Morgan fingerprint density at radius 2 is 1.75 bits per heavy atom. The summed E-state index contributed by atoms with van der Waals surface area (Å²) in [4.78, 5) is 25.1. The smallest absolute Gasteiger partial charge is 0.337 e. The number of esters is 1. The van der Waals surface area contributed by atoms with Crippen LogP contribution < -0.4 is 10.6 Å². The number of anilines is 3. The molecule has 7 heteroatoms. The van der Waals surface area contributed by atoms with Crippen molar-refractivity contribution in [1.29, 1.82) is 0 Å². The van der Waals surface area contributed by atoms with Crippen LogP contribution in [-0.4, -0.2) is 33.6 Å². The molecule has 0 aliphatic carbocycles. The first kappa shape index (κ1) is 19.3. The molecule has 7 nitrogen and oxygen atoms in total. The van der Waals surface area contributed by atoms with Gasteiger partial charge >= 0.3 is 5.97 Å². The summed E-state index contributed by atoms with van der Waals surface area (Å²) in [5.74, 6) is 0.750. The minimum absolute atomic E-state index is 0.192. The first-order valence-corrected chi connectivity index (χ1v) is 8.88. The van der Waals surface area contributed by atoms with Crippen molar-refractivity contribution in [3.05, 3.63) is 60.3 Å². The lowest BCUT2D eigenvalue weighted by molar-refractivity contribution is 0.0601. The highest BCUT2D eigenvalue weighted by atomic mass is 16.5. The molecule has 2 N–H and O–H groups in total. The van der Waals surface area contributed by atoms with E-state index in [4.69, 9.17) is 4.74 Å². The Morgan fingerprint density at radius 3 is 2.36 bits per heavy atom. The average molecular weight is 377 g/mol. The molecule has 0 amide bonds. The number of nitrogens with one attached hydrogen (secondary N) is 2. The van der Waals surface area contributed by atoms with Gasteiger partial charge in [-0.15, -0.1) is 0 Å². The van der Waals surface area contributed by atoms with E-state index in [0.29, 0.717) is 23.0 Å². The fraction of sp³-hybridized carbons (Fsp3) is 0.238. The topological polar surface area (TPSA) is 89.0 Å². The number of carbonyl (C=O) groups excluding carboxylic acids is 1. The zero-order chi connectivity index (χ0) is 20.1. The number of benzene rings is 1. The standard InChI is InChI=1S/C21H23N5O2/c1-21(2,3)26-20-24-17(16-7-5-6-12-22-16)13-18(25-20)23-15-10-8-14(9-11-15)19(27)28-4/h5-13H,1-4H3,(H2,23,24,25,26). The van der Waals surface area contributed by atoms with Crippen LogP contribution in [0.3, 0.4) is 0 Å². The quantitative estimate of drug-likeness (QED) is 0.642. The zero-order valence-corrected chi connectivity index (χ0v) is 16.4. The summed E-state index contributed by atoms with van der Waals surface area (Å²) >= 11 is 0. The lowest BCUT2D eigenvalue weighted by Crippen LogP contribution is -2.27. The Labute approximate surface area is 164 Å². The van der Waals surface area contributed by atoms with E-state index in [1.165, 1.54) is 7.11 Å². The Morgan fingerprint density at radius 1 is 1.00 bits per heavy atom. The molecule has 3 rings (SSSR count). The summed E-state index contributed by atoms with van der Waals surface area (Å²) in [7, 11) is 1.36. The second-order valence-electron chi connectivity index (χ2n) is 7.25. The number of pyridine rings is 1. The summed E-state index contributed by atoms with van der Waals surface area (Å²) in [5, 5.41) is 6.55. The van der Waals surface area contributed by atoms with E-state index in [9.17, 15) is 4.79 Å². The van der Waals surface area contributed by atoms with Gasteiger partial charge in [-0.1, -0.05) is 6.07 Å². The molecule has 0 atom stereocenters. The van der Waals surface area contributed by atoms with Crippen LogP contribution in [0.2, 0.25) is 0 Å². The molecule has 28 heavy (non-hydrogen) atoms. The molecule has 0 unspecified atom stereocenters. The maximum absolute atomic E-state index is 11.6. The van der Waals surface area contributed by atoms with Gasteiger partial charge in [-0.05, 0) is 57.2 Å². The van der Waals surface area contributed by atoms with Gasteiger partial charge in [-0.2, -0.15) is 4.98 Å². The van der Waals surface area contributed by atoms with Crippen molar-refractivity contribution >= 4 is 23.4 Å². The maximum Gasteiger partial charge on any atom is 0.337 e. The normalized spacial score (nSPS) is 11.0. The average Bonchev–Trinajstić information content (AvgIpc) is 2.67. The molecular weight excluding hydrogens is 354 g/mol. The second-order valence-corrected chi connectivity index (χ2v) is 7.25. The van der Waals surface area contributed by atoms with E-state index in [-0.39, 0.29) is 11.5 Å². The Hall–Kier alpha value is -3.48. The molecule has 0 saturated carbocycles. The Bertz CT molecular complexity index is 951. The number of ether oxygens (including phenoxy) is 1. The van der Waals surface area contributed by atoms with Crippen LogP contribution in [0.1, 0.15) is 31.1 Å². The van der Waals surface area contributed by atoms with Gasteiger partial charge in [0.1, 0.15) is 5.82 Å². The largest absolute Gasteiger partial charge is 0.465 e. The van der Waals surface area contributed by atoms with Crippen molar-refractivity contribution in [3.63, 3.8) is 0 Å². The van der Waals surface area contributed by atoms with Crippen molar-refractivity contribution in [3.8, 4) is 11.4 Å². The number of carbonyl (C=O) groups is 1. The molecule has 0 radical (unpaired) electrons. The van der Waals surface area contributed by atoms with Crippen molar-refractivity contribution < 1.29 is 9.53 Å². The Balaban J connectivity index is 1.93. The van der Waals surface area contributed by atoms with Gasteiger partial charge in [0.15, 0.2) is 0 Å². The van der Waals surface area contributed by atoms with E-state index in [2.05, 4.69) is 25.6 Å². The summed E-state index contributed by atoms with van der Waals surface area (Å²) in [6, 6.07) is 14.5. The van der Waals surface area contributed by atoms with Crippen molar-refractivity contribution in [2.24, 2.45) is 0 Å². The van der Waals surface area contributed by atoms with Crippen molar-refractivity contribution in [2.45, 2.75) is 26.3 Å². The predicted molar refractivity (Wildman–Crippen MR) is 110 cm³/mol. The molecular formula is C21H23N5O2. The highest BCUT2D eigenvalue weighted by Crippen LogP contribution is 2.24. The predicted octanol–water partition coefficient (Wildman–Crippen LogP) is 4.28. The molecule has 1 aromatic carbocycles. The Kier molecular flexibility index (Phi) is 5.54. The SMILES string of the molecule is COC(=O)c1ccc(Nc2cc(-c3ccccn3)nc(NC(C)(C)C)n2)cc1. The number of hydrogen-bond donors (Lipinski definition) is 2. The number of methoxy groups -OCH3 is 1. The van der Waals surface area contributed by atoms with Gasteiger partial charge in [0, 0.05) is 23.5 Å². The highest BCUT2D eigenvalue weighted by Gasteiger charge is 2.14. The van der Waals surface area contributed by atoms with Crippen molar-refractivity contribution in [2.75, 3.05) is 17.7 Å². The first-order valence-electron chi connectivity index (χ1n) is 8.88. The van der Waals surface area contributed by atoms with Gasteiger partial charge in [0.2, 0.25) is 5.95 Å². The molecule has 0 aliphatic rings. The van der Waals surface area contributed by atoms with E-state index >= 15 is 0 Å². The molecule has 0 bridgehead atoms. The summed E-state index contributed by atoms with van der Waals surface area (Å²) in [6.45, 7) is 6.13. The monoisotopic (exact) mass is 377 g/mol. The third kappa shape index (κ3) is 5.03. The van der Waals surface area contributed by atoms with Gasteiger partial charge < -0.3 is 15.4 Å². The van der Waals surface area contributed by atoms with Gasteiger partial charge in [-0.3, -0.25) is 4.98 Å². The summed E-state index contributed by atoms with van der Waals surface area (Å²) < 4.78 is 4.73. The maximum atomic E-state index is 11.6. The molecule has 0 spiro atoms. The summed E-state index contributed by atoms with van der Waals surface area (Å²) in [5.41, 5.74) is 2.55. The molecule has 2 heterocycles. The number of nitrogens with zero attached hydrogens (tertiary/aromatic N) is 3. The second kappa shape index (κ2) is 8.04. The van der Waals surface area contributed by atoms with Gasteiger partial charge in [-0.25, -0.2) is 9.78 Å². The number of hydrogen-bond acceptors (Lipinski definition) is 7. The van der Waals surface area contributed by atoms with Crippen LogP contribution in [0.4, 0.5) is 17.5 Å². The lowest BCUT2D eigenvalue weighted by Gasteiger charge is -2.21. The molecule has 3 aromatic rings. The molecule has 144 valence electrons. The van der Waals surface area contributed by atoms with E-state index in [0.717, 1.165) is 11.4 Å². The molecule has 2 aromatic heterocycles. The molecule has 0 fully saturated rings. The van der Waals surface area contributed by atoms with Crippen LogP contribution in [0.25, 0.3) is 11.4 Å². The lowest BCUT2D eigenvalue weighted by atomic mass is 10.1. The fourth-order valence-corrected chi connectivity index (χ4v) is 2.50. The molecule has 0 saturated heterocycles. The zero-order valence-electron chi connectivity index (χ0n) is 16.4. The number of aromatic nitrogens is 3. The summed E-state index contributed by atoms with van der Waals surface area (Å²) in [6.07, 6.45) is 1.73. The highest BCUT2D eigenvalue weighted by molar-refractivity contribution is 5.89. The fourth-order valence-electron chi connectivity index (χ4n) is 2.50. The van der Waals surface area contributed by atoms with Crippen LogP contribution in [-0.2, 0) is 4.74 Å². The third-order valence-electron chi connectivity index (χ3n) is 3.72. The van der Waals surface area contributed by atoms with Crippen LogP contribution in [0.5, 0.6) is 0 Å². The van der Waals surface area contributed by atoms with Crippen LogP contribution >= 0.6 is 0 Å². The minimum Gasteiger partial charge on any atom is -0.465 e. The third-order valence-corrected chi connectivity index (χ3v) is 3.72. The molecule has 0 aliphatic heterocycles. The van der Waals surface area contributed by atoms with Gasteiger partial charge in [0.25, 0.3) is 0 Å². The van der Waals surface area contributed by atoms with Crippen molar-refractivity contribution in [1.82, 2.24) is 15.0 Å². The van der Waals surface area contributed by atoms with Gasteiger partial charge in [0.05, 0.1) is 24.1 Å². The first-order chi connectivity index (χ1) is 13.3. The van der Waals surface area contributed by atoms with E-state index in [1.807, 2.05) is 45.0 Å². The van der Waals surface area contributed by atoms with Crippen LogP contribution in [0.15, 0.2) is 54.7 Å². The van der Waals surface area contributed by atoms with E-state index in [1.54, 1.807) is 30.5 Å². The number of rotatable bonds is 5. The van der Waals surface area contributed by atoms with E-state index < -0.39 is 0 Å².